The van der Waals surface area contributed by atoms with Crippen LogP contribution < -0.4 is 10.6 Å². The van der Waals surface area contributed by atoms with Gasteiger partial charge in [-0.15, -0.1) is 11.3 Å². The van der Waals surface area contributed by atoms with Crippen molar-refractivity contribution in [3.8, 4) is 0 Å². The number of imide groups is 1. The van der Waals surface area contributed by atoms with Crippen molar-refractivity contribution in [3.63, 3.8) is 0 Å². The maximum Gasteiger partial charge on any atom is 0.293 e. The summed E-state index contributed by atoms with van der Waals surface area (Å²) in [5, 5.41) is 6.51. The number of nitrogens with one attached hydrogen (secondary N) is 2. The lowest BCUT2D eigenvalue weighted by Crippen LogP contribution is -2.46. The van der Waals surface area contributed by atoms with Gasteiger partial charge in [0, 0.05) is 13.1 Å². The molecule has 2 heterocycles. The van der Waals surface area contributed by atoms with Gasteiger partial charge in [0.25, 0.3) is 17.1 Å². The Balaban J connectivity index is 1.50. The smallest absolute Gasteiger partial charge is 0.293 e. The molecule has 3 rings (SSSR count). The van der Waals surface area contributed by atoms with Gasteiger partial charge in [0.2, 0.25) is 5.91 Å². The van der Waals surface area contributed by atoms with E-state index in [4.69, 9.17) is 0 Å². The van der Waals surface area contributed by atoms with Crippen LogP contribution in [0.3, 0.4) is 0 Å². The zero-order valence-electron chi connectivity index (χ0n) is 15.9. The van der Waals surface area contributed by atoms with E-state index in [2.05, 4.69) is 10.6 Å². The molecule has 1 aliphatic heterocycles. The molecule has 30 heavy (non-hydrogen) atoms. The molecule has 0 spiro atoms. The Morgan fingerprint density at radius 1 is 1.20 bits per heavy atom. The van der Waals surface area contributed by atoms with Crippen LogP contribution in [0.1, 0.15) is 22.2 Å². The van der Waals surface area contributed by atoms with Crippen molar-refractivity contribution in [2.24, 2.45) is 0 Å². The van der Waals surface area contributed by atoms with E-state index in [-0.39, 0.29) is 23.9 Å². The van der Waals surface area contributed by atoms with Crippen molar-refractivity contribution >= 4 is 52.1 Å². The minimum Gasteiger partial charge on any atom is -0.353 e. The number of benzene rings is 1. The highest BCUT2D eigenvalue weighted by Gasteiger charge is 2.34. The summed E-state index contributed by atoms with van der Waals surface area (Å²) >= 11 is 2.06. The van der Waals surface area contributed by atoms with Crippen LogP contribution in [-0.4, -0.2) is 47.0 Å². The van der Waals surface area contributed by atoms with E-state index < -0.39 is 28.9 Å². The summed E-state index contributed by atoms with van der Waals surface area (Å²) in [4.78, 5) is 50.5. The maximum absolute atomic E-state index is 13.0. The Morgan fingerprint density at radius 2 is 1.93 bits per heavy atom. The van der Waals surface area contributed by atoms with Gasteiger partial charge in [0.05, 0.1) is 9.78 Å². The van der Waals surface area contributed by atoms with Crippen LogP contribution in [0.4, 0.5) is 9.18 Å². The van der Waals surface area contributed by atoms with Crippen molar-refractivity contribution in [2.45, 2.75) is 13.0 Å². The standard InChI is InChI=1S/C20H18FN3O4S2/c1-12(23-18(26)15-3-2-10-29-15)17(25)22-8-9-24-19(27)16(30-20(24)28)11-13-4-6-14(21)7-5-13/h2-7,10-12H,8-9H2,1H3,(H,22,25)(H,23,26)/b16-11-. The number of hydrogen-bond donors (Lipinski definition) is 2. The van der Waals surface area contributed by atoms with E-state index in [1.165, 1.54) is 41.7 Å². The summed E-state index contributed by atoms with van der Waals surface area (Å²) in [6, 6.07) is 8.18. The summed E-state index contributed by atoms with van der Waals surface area (Å²) in [6.07, 6.45) is 1.52. The predicted molar refractivity (Wildman–Crippen MR) is 113 cm³/mol. The van der Waals surface area contributed by atoms with E-state index in [1.807, 2.05) is 0 Å². The molecular weight excluding hydrogens is 429 g/mol. The number of thiophene rings is 1. The van der Waals surface area contributed by atoms with Crippen LogP contribution in [0.5, 0.6) is 0 Å². The van der Waals surface area contributed by atoms with Gasteiger partial charge >= 0.3 is 0 Å². The Hall–Kier alpha value is -2.98. The number of carbonyl (C=O) groups is 4. The number of rotatable bonds is 7. The molecule has 0 radical (unpaired) electrons. The quantitative estimate of drug-likeness (QED) is 0.637. The third-order valence-corrected chi connectivity index (χ3v) is 5.94. The van der Waals surface area contributed by atoms with Crippen molar-refractivity contribution < 1.29 is 23.6 Å². The van der Waals surface area contributed by atoms with Gasteiger partial charge in [-0.3, -0.25) is 24.1 Å². The molecule has 2 aromatic rings. The minimum atomic E-state index is -0.770. The fraction of sp³-hybridized carbons (Fsp3) is 0.200. The molecule has 1 saturated heterocycles. The number of hydrogen-bond acceptors (Lipinski definition) is 6. The van der Waals surface area contributed by atoms with Crippen LogP contribution in [0.15, 0.2) is 46.7 Å². The van der Waals surface area contributed by atoms with Crippen LogP contribution in [0, 0.1) is 5.82 Å². The third-order valence-electron chi connectivity index (χ3n) is 4.16. The van der Waals surface area contributed by atoms with Crippen LogP contribution in [-0.2, 0) is 9.59 Å². The summed E-state index contributed by atoms with van der Waals surface area (Å²) in [5.74, 6) is -1.63. The molecule has 1 unspecified atom stereocenters. The van der Waals surface area contributed by atoms with Gasteiger partial charge in [-0.2, -0.15) is 0 Å². The molecule has 1 aromatic heterocycles. The summed E-state index contributed by atoms with van der Waals surface area (Å²) in [6.45, 7) is 1.61. The Bertz CT molecular complexity index is 990. The van der Waals surface area contributed by atoms with E-state index in [9.17, 15) is 23.6 Å². The molecule has 1 atom stereocenters. The zero-order chi connectivity index (χ0) is 21.7. The van der Waals surface area contributed by atoms with Crippen LogP contribution in [0.2, 0.25) is 0 Å². The highest BCUT2D eigenvalue weighted by atomic mass is 32.2. The summed E-state index contributed by atoms with van der Waals surface area (Å²) < 4.78 is 13.0. The van der Waals surface area contributed by atoms with Gasteiger partial charge in [-0.05, 0) is 53.9 Å². The Labute approximate surface area is 180 Å². The Kier molecular flexibility index (Phi) is 7.01. The first-order valence-electron chi connectivity index (χ1n) is 8.98. The van der Waals surface area contributed by atoms with Gasteiger partial charge in [0.15, 0.2) is 0 Å². The van der Waals surface area contributed by atoms with Crippen molar-refractivity contribution in [3.05, 3.63) is 62.9 Å². The number of nitrogens with zero attached hydrogens (tertiary/aromatic N) is 1. The SMILES string of the molecule is CC(NC(=O)c1cccs1)C(=O)NCCN1C(=O)S/C(=C\c2ccc(F)cc2)C1=O. The monoisotopic (exact) mass is 447 g/mol. The van der Waals surface area contributed by atoms with E-state index >= 15 is 0 Å². The molecule has 0 bridgehead atoms. The third kappa shape index (κ3) is 5.33. The molecule has 2 N–H and O–H groups in total. The van der Waals surface area contributed by atoms with Crippen LogP contribution in [0.25, 0.3) is 6.08 Å². The first-order chi connectivity index (χ1) is 14.3. The molecule has 156 valence electrons. The van der Waals surface area contributed by atoms with Crippen molar-refractivity contribution in [2.75, 3.05) is 13.1 Å². The normalized spacial score (nSPS) is 16.1. The maximum atomic E-state index is 13.0. The van der Waals surface area contributed by atoms with Gasteiger partial charge < -0.3 is 10.6 Å². The molecule has 1 aliphatic rings. The van der Waals surface area contributed by atoms with Gasteiger partial charge in [-0.1, -0.05) is 18.2 Å². The second-order valence-electron chi connectivity index (χ2n) is 6.35. The highest BCUT2D eigenvalue weighted by molar-refractivity contribution is 8.18. The first kappa shape index (κ1) is 21.7. The van der Waals surface area contributed by atoms with Gasteiger partial charge in [-0.25, -0.2) is 4.39 Å². The fourth-order valence-corrected chi connectivity index (χ4v) is 4.08. The lowest BCUT2D eigenvalue weighted by Gasteiger charge is -2.16. The lowest BCUT2D eigenvalue weighted by molar-refractivity contribution is -0.124. The summed E-state index contributed by atoms with van der Waals surface area (Å²) in [7, 11) is 0. The Morgan fingerprint density at radius 3 is 2.60 bits per heavy atom. The highest BCUT2D eigenvalue weighted by Crippen LogP contribution is 2.31. The lowest BCUT2D eigenvalue weighted by atomic mass is 10.2. The summed E-state index contributed by atoms with van der Waals surface area (Å²) in [5.41, 5.74) is 0.602. The number of amides is 4. The van der Waals surface area contributed by atoms with Crippen molar-refractivity contribution in [1.82, 2.24) is 15.5 Å². The molecule has 10 heteroatoms. The second kappa shape index (κ2) is 9.68. The largest absolute Gasteiger partial charge is 0.353 e. The topological polar surface area (TPSA) is 95.6 Å². The molecule has 7 nitrogen and oxygen atoms in total. The predicted octanol–water partition coefficient (Wildman–Crippen LogP) is 2.86. The average molecular weight is 448 g/mol. The molecule has 4 amide bonds. The zero-order valence-corrected chi connectivity index (χ0v) is 17.5. The first-order valence-corrected chi connectivity index (χ1v) is 10.7. The minimum absolute atomic E-state index is 0.00273. The van der Waals surface area contributed by atoms with Gasteiger partial charge in [0.1, 0.15) is 11.9 Å². The molecule has 1 aromatic carbocycles. The molecule has 0 saturated carbocycles. The molecular formula is C20H18FN3O4S2. The molecule has 1 fully saturated rings. The fourth-order valence-electron chi connectivity index (χ4n) is 2.59. The van der Waals surface area contributed by atoms with E-state index in [0.717, 1.165) is 16.7 Å². The second-order valence-corrected chi connectivity index (χ2v) is 8.29. The van der Waals surface area contributed by atoms with E-state index in [1.54, 1.807) is 24.4 Å². The average Bonchev–Trinajstić information content (AvgIpc) is 3.34. The molecule has 0 aliphatic carbocycles. The van der Waals surface area contributed by atoms with E-state index in [0.29, 0.717) is 10.4 Å². The van der Waals surface area contributed by atoms with Crippen molar-refractivity contribution in [1.29, 1.82) is 0 Å². The number of carbonyl (C=O) groups excluding carboxylic acids is 4. The van der Waals surface area contributed by atoms with Crippen LogP contribution >= 0.6 is 23.1 Å². The number of thioether (sulfide) groups is 1. The number of halogens is 1.